The Labute approximate surface area is 150 Å². The fourth-order valence-electron chi connectivity index (χ4n) is 2.22. The average molecular weight is 402 g/mol. The van der Waals surface area contributed by atoms with Gasteiger partial charge in [0.05, 0.1) is 11.3 Å². The van der Waals surface area contributed by atoms with Crippen LogP contribution in [0.5, 0.6) is 0 Å². The monoisotopic (exact) mass is 401 g/mol. The van der Waals surface area contributed by atoms with E-state index in [1.54, 1.807) is 12.1 Å². The Morgan fingerprint density at radius 1 is 1.38 bits per heavy atom. The number of fused-ring (bicyclic) bond motifs is 1. The van der Waals surface area contributed by atoms with Gasteiger partial charge in [0, 0.05) is 15.5 Å². The predicted molar refractivity (Wildman–Crippen MR) is 100.0 cm³/mol. The number of rotatable bonds is 2. The maximum atomic E-state index is 12.5. The Bertz CT molecular complexity index is 1020. The van der Waals surface area contributed by atoms with Gasteiger partial charge in [0.15, 0.2) is 0 Å². The lowest BCUT2D eigenvalue weighted by Gasteiger charge is -2.06. The van der Waals surface area contributed by atoms with E-state index >= 15 is 0 Å². The van der Waals surface area contributed by atoms with Gasteiger partial charge in [0.2, 0.25) is 0 Å². The van der Waals surface area contributed by atoms with Gasteiger partial charge in [-0.05, 0) is 36.8 Å². The number of pyridine rings is 1. The third-order valence-electron chi connectivity index (χ3n) is 3.49. The van der Waals surface area contributed by atoms with Crippen molar-refractivity contribution < 1.29 is 4.79 Å². The van der Waals surface area contributed by atoms with Gasteiger partial charge in [-0.1, -0.05) is 15.9 Å². The number of aromatic nitrogens is 1. The van der Waals surface area contributed by atoms with Crippen LogP contribution >= 0.6 is 27.3 Å². The molecule has 0 aliphatic heterocycles. The second-order valence-electron chi connectivity index (χ2n) is 5.15. The van der Waals surface area contributed by atoms with E-state index in [2.05, 4.69) is 26.2 Å². The molecule has 0 saturated carbocycles. The molecule has 0 aliphatic rings. The number of carbonyl (C=O) groups excluding carboxylic acids is 1. The van der Waals surface area contributed by atoms with Crippen LogP contribution in [0.3, 0.4) is 0 Å². The first-order valence-corrected chi connectivity index (χ1v) is 8.47. The average Bonchev–Trinajstić information content (AvgIpc) is 2.86. The summed E-state index contributed by atoms with van der Waals surface area (Å²) in [5.74, 6) is -0.198. The van der Waals surface area contributed by atoms with Gasteiger partial charge in [-0.25, -0.2) is 4.98 Å². The van der Waals surface area contributed by atoms with Crippen LogP contribution in [0.4, 0.5) is 17.2 Å². The molecule has 6 nitrogen and oxygen atoms in total. The number of aryl methyl sites for hydroxylation is 1. The molecule has 2 aromatic heterocycles. The van der Waals surface area contributed by atoms with Gasteiger partial charge in [0.25, 0.3) is 5.91 Å². The summed E-state index contributed by atoms with van der Waals surface area (Å²) in [6.07, 6.45) is 0. The highest BCUT2D eigenvalue weighted by atomic mass is 79.9. The standard InChI is InChI=1S/C16H12BrN5OS/c1-7-4-9(2-3-11(7)17)21-15(23)13-12(19)10-5-8(6-18)14(20)22-16(10)24-13/h2-5H,19H2,1H3,(H2,20,22)(H,21,23). The molecule has 0 unspecified atom stereocenters. The molecule has 1 aromatic carbocycles. The molecule has 2 heterocycles. The van der Waals surface area contributed by atoms with Crippen molar-refractivity contribution in [1.29, 1.82) is 5.26 Å². The van der Waals surface area contributed by atoms with Crippen molar-refractivity contribution in [3.05, 3.63) is 44.7 Å². The van der Waals surface area contributed by atoms with Crippen molar-refractivity contribution in [1.82, 2.24) is 4.98 Å². The van der Waals surface area contributed by atoms with Crippen molar-refractivity contribution in [2.75, 3.05) is 16.8 Å². The van der Waals surface area contributed by atoms with E-state index in [1.807, 2.05) is 25.1 Å². The van der Waals surface area contributed by atoms with Gasteiger partial charge >= 0.3 is 0 Å². The summed E-state index contributed by atoms with van der Waals surface area (Å²) in [7, 11) is 0. The summed E-state index contributed by atoms with van der Waals surface area (Å²) in [4.78, 5) is 17.5. The molecule has 0 fully saturated rings. The summed E-state index contributed by atoms with van der Waals surface area (Å²) in [6.45, 7) is 1.93. The minimum Gasteiger partial charge on any atom is -0.397 e. The highest BCUT2D eigenvalue weighted by Crippen LogP contribution is 2.34. The number of nitrogens with zero attached hydrogens (tertiary/aromatic N) is 2. The van der Waals surface area contributed by atoms with Gasteiger partial charge < -0.3 is 16.8 Å². The number of thiophene rings is 1. The first-order chi connectivity index (χ1) is 11.4. The molecule has 0 aliphatic carbocycles. The van der Waals surface area contributed by atoms with Crippen LogP contribution in [-0.4, -0.2) is 10.9 Å². The number of hydrogen-bond acceptors (Lipinski definition) is 6. The van der Waals surface area contributed by atoms with Crippen LogP contribution in [0.1, 0.15) is 20.8 Å². The number of nitrogens with one attached hydrogen (secondary N) is 1. The molecule has 0 bridgehead atoms. The van der Waals surface area contributed by atoms with Crippen molar-refractivity contribution >= 4 is 60.6 Å². The maximum Gasteiger partial charge on any atom is 0.267 e. The van der Waals surface area contributed by atoms with E-state index in [1.165, 1.54) is 0 Å². The van der Waals surface area contributed by atoms with Crippen molar-refractivity contribution in [2.24, 2.45) is 0 Å². The number of hydrogen-bond donors (Lipinski definition) is 3. The highest BCUT2D eigenvalue weighted by molar-refractivity contribution is 9.10. The van der Waals surface area contributed by atoms with Gasteiger partial charge in [-0.3, -0.25) is 4.79 Å². The molecule has 5 N–H and O–H groups in total. The lowest BCUT2D eigenvalue weighted by atomic mass is 10.2. The molecule has 8 heteroatoms. The van der Waals surface area contributed by atoms with E-state index in [0.717, 1.165) is 21.4 Å². The quantitative estimate of drug-likeness (QED) is 0.605. The van der Waals surface area contributed by atoms with Crippen LogP contribution in [0.25, 0.3) is 10.2 Å². The minimum absolute atomic E-state index is 0.127. The maximum absolute atomic E-state index is 12.5. The highest BCUT2D eigenvalue weighted by Gasteiger charge is 2.19. The summed E-state index contributed by atoms with van der Waals surface area (Å²) >= 11 is 4.56. The lowest BCUT2D eigenvalue weighted by Crippen LogP contribution is -2.12. The Kier molecular flexibility index (Phi) is 4.13. The summed E-state index contributed by atoms with van der Waals surface area (Å²) in [6, 6.07) is 9.03. The first-order valence-electron chi connectivity index (χ1n) is 6.86. The van der Waals surface area contributed by atoms with Crippen LogP contribution in [0.2, 0.25) is 0 Å². The molecule has 0 radical (unpaired) electrons. The van der Waals surface area contributed by atoms with E-state index in [-0.39, 0.29) is 17.3 Å². The molecular weight excluding hydrogens is 390 g/mol. The second kappa shape index (κ2) is 6.11. The molecule has 0 spiro atoms. The number of halogens is 1. The Morgan fingerprint density at radius 3 is 2.79 bits per heavy atom. The van der Waals surface area contributed by atoms with Gasteiger partial charge in [-0.15, -0.1) is 11.3 Å². The zero-order chi connectivity index (χ0) is 17.4. The minimum atomic E-state index is -0.325. The molecule has 120 valence electrons. The number of benzene rings is 1. The Hall–Kier alpha value is -2.63. The normalized spacial score (nSPS) is 10.5. The summed E-state index contributed by atoms with van der Waals surface area (Å²) < 4.78 is 0.964. The number of anilines is 3. The zero-order valence-corrected chi connectivity index (χ0v) is 15.0. The van der Waals surface area contributed by atoms with E-state index in [9.17, 15) is 4.79 Å². The number of carbonyl (C=O) groups is 1. The summed E-state index contributed by atoms with van der Waals surface area (Å²) in [5.41, 5.74) is 14.0. The topological polar surface area (TPSA) is 118 Å². The van der Waals surface area contributed by atoms with Crippen molar-refractivity contribution in [2.45, 2.75) is 6.92 Å². The second-order valence-corrected chi connectivity index (χ2v) is 7.00. The third-order valence-corrected chi connectivity index (χ3v) is 5.50. The Morgan fingerprint density at radius 2 is 2.12 bits per heavy atom. The van der Waals surface area contributed by atoms with E-state index in [0.29, 0.717) is 26.5 Å². The number of nitrogen functional groups attached to an aromatic ring is 2. The molecular formula is C16H12BrN5OS. The molecule has 3 aromatic rings. The number of nitrogens with two attached hydrogens (primary N) is 2. The fraction of sp³-hybridized carbons (Fsp3) is 0.0625. The molecule has 24 heavy (non-hydrogen) atoms. The largest absolute Gasteiger partial charge is 0.397 e. The van der Waals surface area contributed by atoms with Crippen LogP contribution in [-0.2, 0) is 0 Å². The van der Waals surface area contributed by atoms with Crippen LogP contribution in [0, 0.1) is 18.3 Å². The molecule has 3 rings (SSSR count). The van der Waals surface area contributed by atoms with E-state index < -0.39 is 0 Å². The lowest BCUT2D eigenvalue weighted by molar-refractivity contribution is 0.103. The molecule has 0 saturated heterocycles. The van der Waals surface area contributed by atoms with Crippen molar-refractivity contribution in [3.8, 4) is 6.07 Å². The van der Waals surface area contributed by atoms with Gasteiger partial charge in [0.1, 0.15) is 21.6 Å². The molecule has 1 amide bonds. The molecule has 0 atom stereocenters. The van der Waals surface area contributed by atoms with Crippen LogP contribution in [0.15, 0.2) is 28.7 Å². The van der Waals surface area contributed by atoms with Crippen LogP contribution < -0.4 is 16.8 Å². The Balaban J connectivity index is 1.99. The number of nitriles is 1. The smallest absolute Gasteiger partial charge is 0.267 e. The van der Waals surface area contributed by atoms with E-state index in [4.69, 9.17) is 16.7 Å². The first kappa shape index (κ1) is 16.2. The van der Waals surface area contributed by atoms with Crippen molar-refractivity contribution in [3.63, 3.8) is 0 Å². The van der Waals surface area contributed by atoms with Gasteiger partial charge in [-0.2, -0.15) is 5.26 Å². The fourth-order valence-corrected chi connectivity index (χ4v) is 3.45. The number of amides is 1. The zero-order valence-electron chi connectivity index (χ0n) is 12.6. The summed E-state index contributed by atoms with van der Waals surface area (Å²) in [5, 5.41) is 12.4. The third kappa shape index (κ3) is 2.79. The predicted octanol–water partition coefficient (Wildman–Crippen LogP) is 3.66. The SMILES string of the molecule is Cc1cc(NC(=O)c2sc3nc(N)c(C#N)cc3c2N)ccc1Br.